The Morgan fingerprint density at radius 3 is 2.69 bits per heavy atom. The number of hydrogen-bond donors (Lipinski definition) is 1. The van der Waals surface area contributed by atoms with Crippen LogP contribution in [0.15, 0.2) is 18.2 Å². The van der Waals surface area contributed by atoms with Crippen LogP contribution in [-0.4, -0.2) is 19.3 Å². The minimum atomic E-state index is -0.655. The van der Waals surface area contributed by atoms with E-state index in [-0.39, 0.29) is 0 Å². The fourth-order valence-corrected chi connectivity index (χ4v) is 1.49. The zero-order chi connectivity index (χ0) is 9.42. The molecular weight excluding hydrogens is 167 g/mol. The molecule has 0 aliphatic carbocycles. The lowest BCUT2D eigenvalue weighted by Crippen LogP contribution is -2.48. The zero-order valence-electron chi connectivity index (χ0n) is 7.63. The molecule has 0 unspecified atom stereocenters. The molecule has 1 aromatic rings. The number of nitrogens with zero attached hydrogens (tertiary/aromatic N) is 1. The maximum absolute atomic E-state index is 12.6. The van der Waals surface area contributed by atoms with Crippen LogP contribution >= 0.6 is 0 Å². The Morgan fingerprint density at radius 1 is 1.46 bits per heavy atom. The molecule has 0 amide bonds. The fraction of sp³-hybridized carbons (Fsp3) is 0.400. The number of alkyl halides is 1. The lowest BCUT2D eigenvalue weighted by atomic mass is 10.1. The van der Waals surface area contributed by atoms with Gasteiger partial charge < -0.3 is 10.6 Å². The average molecular weight is 180 g/mol. The molecule has 0 bridgehead atoms. The molecule has 2 rings (SSSR count). The maximum Gasteiger partial charge on any atom is 0.135 e. The Bertz CT molecular complexity index is 319. The first-order chi connectivity index (χ1) is 6.16. The molecule has 0 saturated carbocycles. The first-order valence-electron chi connectivity index (χ1n) is 4.42. The molecule has 1 aromatic carbocycles. The Hall–Kier alpha value is -1.25. The molecule has 0 spiro atoms. The minimum absolute atomic E-state index is 0.517. The van der Waals surface area contributed by atoms with E-state index in [1.165, 1.54) is 0 Å². The minimum Gasteiger partial charge on any atom is -0.399 e. The van der Waals surface area contributed by atoms with Gasteiger partial charge in [-0.2, -0.15) is 0 Å². The van der Waals surface area contributed by atoms with Gasteiger partial charge in [0, 0.05) is 11.4 Å². The lowest BCUT2D eigenvalue weighted by Gasteiger charge is -2.36. The van der Waals surface area contributed by atoms with Crippen molar-refractivity contribution in [1.82, 2.24) is 0 Å². The van der Waals surface area contributed by atoms with Gasteiger partial charge >= 0.3 is 0 Å². The first kappa shape index (κ1) is 8.35. The van der Waals surface area contributed by atoms with Gasteiger partial charge in [-0.15, -0.1) is 0 Å². The summed E-state index contributed by atoms with van der Waals surface area (Å²) in [6, 6.07) is 5.81. The number of rotatable bonds is 1. The summed E-state index contributed by atoms with van der Waals surface area (Å²) in [4.78, 5) is 2.01. The number of aryl methyl sites for hydroxylation is 1. The van der Waals surface area contributed by atoms with Crippen molar-refractivity contribution in [3.63, 3.8) is 0 Å². The van der Waals surface area contributed by atoms with Gasteiger partial charge in [-0.3, -0.25) is 0 Å². The number of halogens is 1. The van der Waals surface area contributed by atoms with Crippen LogP contribution < -0.4 is 10.6 Å². The highest BCUT2D eigenvalue weighted by Crippen LogP contribution is 2.25. The maximum atomic E-state index is 12.6. The van der Waals surface area contributed by atoms with E-state index in [0.29, 0.717) is 13.1 Å². The average Bonchev–Trinajstić information content (AvgIpc) is 2.05. The summed E-state index contributed by atoms with van der Waals surface area (Å²) in [5.74, 6) is 0. The Labute approximate surface area is 77.2 Å². The summed E-state index contributed by atoms with van der Waals surface area (Å²) in [5, 5.41) is 0. The summed E-state index contributed by atoms with van der Waals surface area (Å²) in [6.45, 7) is 3.00. The molecule has 1 aliphatic rings. The van der Waals surface area contributed by atoms with Crippen LogP contribution in [0.5, 0.6) is 0 Å². The van der Waals surface area contributed by atoms with E-state index in [1.54, 1.807) is 0 Å². The first-order valence-corrected chi connectivity index (χ1v) is 4.42. The fourth-order valence-electron chi connectivity index (χ4n) is 1.49. The highest BCUT2D eigenvalue weighted by molar-refractivity contribution is 5.59. The molecule has 2 nitrogen and oxygen atoms in total. The molecule has 13 heavy (non-hydrogen) atoms. The van der Waals surface area contributed by atoms with Gasteiger partial charge in [0.2, 0.25) is 0 Å². The SMILES string of the molecule is Cc1cc(N2CC(F)C2)ccc1N. The van der Waals surface area contributed by atoms with E-state index in [0.717, 1.165) is 16.9 Å². The van der Waals surface area contributed by atoms with E-state index >= 15 is 0 Å². The van der Waals surface area contributed by atoms with E-state index in [4.69, 9.17) is 5.73 Å². The molecule has 3 heteroatoms. The number of anilines is 2. The van der Waals surface area contributed by atoms with Gasteiger partial charge in [-0.1, -0.05) is 0 Å². The Morgan fingerprint density at radius 2 is 2.15 bits per heavy atom. The molecule has 0 radical (unpaired) electrons. The van der Waals surface area contributed by atoms with Crippen molar-refractivity contribution >= 4 is 11.4 Å². The molecule has 1 heterocycles. The van der Waals surface area contributed by atoms with E-state index in [9.17, 15) is 4.39 Å². The number of nitrogens with two attached hydrogens (primary N) is 1. The summed E-state index contributed by atoms with van der Waals surface area (Å²) < 4.78 is 12.6. The third-order valence-electron chi connectivity index (χ3n) is 2.46. The Balaban J connectivity index is 2.18. The van der Waals surface area contributed by atoms with Crippen molar-refractivity contribution in [2.45, 2.75) is 13.1 Å². The van der Waals surface area contributed by atoms with Gasteiger partial charge in [0.05, 0.1) is 13.1 Å². The van der Waals surface area contributed by atoms with Gasteiger partial charge in [0.1, 0.15) is 6.17 Å². The van der Waals surface area contributed by atoms with Crippen LogP contribution in [0.3, 0.4) is 0 Å². The smallest absolute Gasteiger partial charge is 0.135 e. The highest BCUT2D eigenvalue weighted by Gasteiger charge is 2.26. The summed E-state index contributed by atoms with van der Waals surface area (Å²) in [5.41, 5.74) is 8.60. The molecule has 0 aromatic heterocycles. The van der Waals surface area contributed by atoms with E-state index < -0.39 is 6.17 Å². The van der Waals surface area contributed by atoms with Gasteiger partial charge in [0.15, 0.2) is 0 Å². The van der Waals surface area contributed by atoms with Crippen molar-refractivity contribution in [3.05, 3.63) is 23.8 Å². The number of hydrogen-bond acceptors (Lipinski definition) is 2. The van der Waals surface area contributed by atoms with Crippen molar-refractivity contribution < 1.29 is 4.39 Å². The summed E-state index contributed by atoms with van der Waals surface area (Å²) in [7, 11) is 0. The zero-order valence-corrected chi connectivity index (χ0v) is 7.63. The quantitative estimate of drug-likeness (QED) is 0.667. The van der Waals surface area contributed by atoms with Crippen LogP contribution in [0.4, 0.5) is 15.8 Å². The summed E-state index contributed by atoms with van der Waals surface area (Å²) >= 11 is 0. The largest absolute Gasteiger partial charge is 0.399 e. The standard InChI is InChI=1S/C10H13FN2/c1-7-4-9(2-3-10(7)12)13-5-8(11)6-13/h2-4,8H,5-6,12H2,1H3. The van der Waals surface area contributed by atoms with Crippen LogP contribution in [0.25, 0.3) is 0 Å². The topological polar surface area (TPSA) is 29.3 Å². The Kier molecular flexibility index (Phi) is 1.87. The molecule has 1 saturated heterocycles. The van der Waals surface area contributed by atoms with Crippen molar-refractivity contribution in [2.24, 2.45) is 0 Å². The van der Waals surface area contributed by atoms with E-state index in [2.05, 4.69) is 0 Å². The van der Waals surface area contributed by atoms with Crippen LogP contribution in [-0.2, 0) is 0 Å². The molecule has 70 valence electrons. The highest BCUT2D eigenvalue weighted by atomic mass is 19.1. The predicted octanol–water partition coefficient (Wildman–Crippen LogP) is 1.74. The normalized spacial score (nSPS) is 17.2. The molecule has 0 atom stereocenters. The van der Waals surface area contributed by atoms with Gasteiger partial charge in [-0.25, -0.2) is 4.39 Å². The second-order valence-electron chi connectivity index (χ2n) is 3.54. The monoisotopic (exact) mass is 180 g/mol. The van der Waals surface area contributed by atoms with Crippen molar-refractivity contribution in [1.29, 1.82) is 0 Å². The molecule has 2 N–H and O–H groups in total. The number of nitrogen functional groups attached to an aromatic ring is 1. The third-order valence-corrected chi connectivity index (χ3v) is 2.46. The van der Waals surface area contributed by atoms with Crippen molar-refractivity contribution in [2.75, 3.05) is 23.7 Å². The second kappa shape index (κ2) is 2.91. The van der Waals surface area contributed by atoms with Gasteiger partial charge in [0.25, 0.3) is 0 Å². The molecule has 1 fully saturated rings. The summed E-state index contributed by atoms with van der Waals surface area (Å²) in [6.07, 6.45) is -0.655. The molecular formula is C10H13FN2. The van der Waals surface area contributed by atoms with Crippen LogP contribution in [0.1, 0.15) is 5.56 Å². The molecule has 1 aliphatic heterocycles. The predicted molar refractivity (Wildman–Crippen MR) is 52.7 cm³/mol. The number of benzene rings is 1. The van der Waals surface area contributed by atoms with Crippen LogP contribution in [0.2, 0.25) is 0 Å². The van der Waals surface area contributed by atoms with Gasteiger partial charge in [-0.05, 0) is 30.7 Å². The second-order valence-corrected chi connectivity index (χ2v) is 3.54. The van der Waals surface area contributed by atoms with E-state index in [1.807, 2.05) is 30.0 Å². The van der Waals surface area contributed by atoms with Crippen molar-refractivity contribution in [3.8, 4) is 0 Å². The van der Waals surface area contributed by atoms with Crippen LogP contribution in [0, 0.1) is 6.92 Å². The third kappa shape index (κ3) is 1.46. The lowest BCUT2D eigenvalue weighted by molar-refractivity contribution is 0.275.